The molecule has 0 amide bonds. The van der Waals surface area contributed by atoms with Crippen LogP contribution in [0.25, 0.3) is 43.8 Å². The Hall–Kier alpha value is -2.22. The summed E-state index contributed by atoms with van der Waals surface area (Å²) in [7, 11) is 0. The summed E-state index contributed by atoms with van der Waals surface area (Å²) in [6.45, 7) is 18.1. The van der Waals surface area contributed by atoms with E-state index in [1.54, 1.807) is 28.9 Å². The minimum Gasteiger partial charge on any atom is -1.00 e. The van der Waals surface area contributed by atoms with E-state index < -0.39 is 0 Å². The van der Waals surface area contributed by atoms with Crippen molar-refractivity contribution in [2.45, 2.75) is 104 Å². The third-order valence-electron chi connectivity index (χ3n) is 9.77. The fraction of sp³-hybridized carbons (Fsp3) is 0.348. The van der Waals surface area contributed by atoms with Crippen LogP contribution in [-0.4, -0.2) is 5.43 Å². The standard InChI is InChI=1S/C23H25.C21H23.C2H6Si.2ClH.Zr/c1-16(2)17-10-12-19(13-11-17)22-9-5-8-20-14-21(15-23(20)22)18-6-3-4-7-18;1-5-15-13-17-7-6-8-19(20(17)14-15)16-9-11-18(12-10-16)21(2,3)4;1-3-2;;;/h5,8-16,18H,3-4,6-7H2,1-2H3;6-14H,5H2,1-4H3;1-2H3;2*1H;/q2*-1;;;;+2/p-2. The second-order valence-corrected chi connectivity index (χ2v) is 24.6. The summed E-state index contributed by atoms with van der Waals surface area (Å²) < 4.78 is 0. The number of halogens is 2. The van der Waals surface area contributed by atoms with E-state index in [1.807, 2.05) is 0 Å². The molecule has 4 heteroatoms. The van der Waals surface area contributed by atoms with Gasteiger partial charge in [0.05, 0.1) is 0 Å². The first kappa shape index (κ1) is 42.2. The molecule has 0 aliphatic heterocycles. The molecule has 0 nitrogen and oxygen atoms in total. The van der Waals surface area contributed by atoms with Gasteiger partial charge in [-0.2, -0.15) is 12.1 Å². The maximum atomic E-state index is 2.46. The van der Waals surface area contributed by atoms with E-state index in [0.29, 0.717) is 5.92 Å². The average molecular weight is 797 g/mol. The van der Waals surface area contributed by atoms with Crippen molar-refractivity contribution in [2.24, 2.45) is 0 Å². The summed E-state index contributed by atoms with van der Waals surface area (Å²) >= 11 is 1.74. The molecule has 0 atom stereocenters. The molecule has 262 valence electrons. The molecule has 0 bridgehead atoms. The quantitative estimate of drug-likeness (QED) is 0.123. The van der Waals surface area contributed by atoms with Crippen LogP contribution in [0.5, 0.6) is 0 Å². The van der Waals surface area contributed by atoms with Crippen LogP contribution in [-0.2, 0) is 35.2 Å². The van der Waals surface area contributed by atoms with E-state index in [-0.39, 0.29) is 35.7 Å². The third kappa shape index (κ3) is 10.7. The van der Waals surface area contributed by atoms with Crippen molar-refractivity contribution >= 4 is 27.0 Å². The summed E-state index contributed by atoms with van der Waals surface area (Å²) in [5.74, 6) is 1.38. The molecule has 0 aromatic heterocycles. The second kappa shape index (κ2) is 19.0. The SMILES string of the molecule is CC(C)c1ccc(-c2cccc3[cH-]c(C4CCCC4)cc23)cc1.CCc1cc2c(-c3ccc(C(C)(C)C)cc3)cccc2[cH-]1.C[Si](C)=[Zr+2].[Cl-].[Cl-]. The Kier molecular flexibility index (Phi) is 16.1. The molecule has 7 rings (SSSR count). The molecule has 1 fully saturated rings. The van der Waals surface area contributed by atoms with Crippen LogP contribution in [0.3, 0.4) is 0 Å². The van der Waals surface area contributed by atoms with Gasteiger partial charge in [0.1, 0.15) is 0 Å². The van der Waals surface area contributed by atoms with Gasteiger partial charge in [0.2, 0.25) is 0 Å². The Morgan fingerprint density at radius 1 is 0.720 bits per heavy atom. The zero-order chi connectivity index (χ0) is 34.4. The Morgan fingerprint density at radius 3 is 1.68 bits per heavy atom. The third-order valence-corrected chi connectivity index (χ3v) is 9.77. The minimum absolute atomic E-state index is 0. The molecule has 6 aromatic carbocycles. The van der Waals surface area contributed by atoms with Gasteiger partial charge in [-0.25, -0.2) is 0 Å². The number of benzene rings is 4. The van der Waals surface area contributed by atoms with Crippen LogP contribution in [0.4, 0.5) is 0 Å². The number of hydrogen-bond donors (Lipinski definition) is 0. The molecule has 6 aromatic rings. The van der Waals surface area contributed by atoms with Crippen molar-refractivity contribution in [3.05, 3.63) is 131 Å². The van der Waals surface area contributed by atoms with Gasteiger partial charge in [0, 0.05) is 0 Å². The predicted octanol–water partition coefficient (Wildman–Crippen LogP) is 7.88. The van der Waals surface area contributed by atoms with Gasteiger partial charge in [0.15, 0.2) is 0 Å². The molecule has 0 spiro atoms. The zero-order valence-electron chi connectivity index (χ0n) is 31.3. The van der Waals surface area contributed by atoms with Crippen LogP contribution >= 0.6 is 0 Å². The van der Waals surface area contributed by atoms with Crippen molar-refractivity contribution in [1.29, 1.82) is 0 Å². The van der Waals surface area contributed by atoms with Gasteiger partial charge in [-0.3, -0.25) is 0 Å². The Balaban J connectivity index is 0.000000237. The average Bonchev–Trinajstić information content (AvgIpc) is 3.84. The smallest absolute Gasteiger partial charge is 1.00 e. The van der Waals surface area contributed by atoms with Crippen LogP contribution in [0.1, 0.15) is 101 Å². The molecule has 0 radical (unpaired) electrons. The van der Waals surface area contributed by atoms with E-state index in [1.165, 1.54) is 86.2 Å². The van der Waals surface area contributed by atoms with Gasteiger partial charge in [0.25, 0.3) is 0 Å². The van der Waals surface area contributed by atoms with Crippen molar-refractivity contribution in [2.75, 3.05) is 0 Å². The summed E-state index contributed by atoms with van der Waals surface area (Å²) in [5.41, 5.74) is 11.6. The molecule has 1 aliphatic carbocycles. The minimum atomic E-state index is 0. The maximum absolute atomic E-state index is 2.46. The Morgan fingerprint density at radius 2 is 1.20 bits per heavy atom. The van der Waals surface area contributed by atoms with Crippen LogP contribution in [0.15, 0.2) is 109 Å². The van der Waals surface area contributed by atoms with Crippen LogP contribution < -0.4 is 24.8 Å². The van der Waals surface area contributed by atoms with Crippen LogP contribution in [0, 0.1) is 0 Å². The number of hydrogen-bond acceptors (Lipinski definition) is 0. The van der Waals surface area contributed by atoms with E-state index in [0.717, 1.165) is 12.3 Å². The first-order chi connectivity index (χ1) is 22.9. The maximum Gasteiger partial charge on any atom is -1.00 e. The molecule has 1 saturated carbocycles. The summed E-state index contributed by atoms with van der Waals surface area (Å²) in [6.07, 6.45) is 6.63. The van der Waals surface area contributed by atoms with Gasteiger partial charge >= 0.3 is 41.9 Å². The molecule has 0 saturated heterocycles. The molecule has 0 unspecified atom stereocenters. The second-order valence-electron chi connectivity index (χ2n) is 15.2. The Bertz CT molecular complexity index is 1940. The van der Waals surface area contributed by atoms with Gasteiger partial charge in [-0.05, 0) is 58.8 Å². The van der Waals surface area contributed by atoms with E-state index in [9.17, 15) is 0 Å². The number of rotatable bonds is 5. The molecule has 1 aliphatic rings. The fourth-order valence-corrected chi connectivity index (χ4v) is 6.95. The van der Waals surface area contributed by atoms with Crippen molar-refractivity contribution in [3.8, 4) is 22.3 Å². The normalized spacial score (nSPS) is 12.9. The summed E-state index contributed by atoms with van der Waals surface area (Å²) in [5, 5.41) is 5.55. The molecular weight excluding hydrogens is 743 g/mol. The van der Waals surface area contributed by atoms with Crippen molar-refractivity contribution in [1.82, 2.24) is 0 Å². The summed E-state index contributed by atoms with van der Waals surface area (Å²) in [4.78, 5) is 0. The zero-order valence-corrected chi connectivity index (χ0v) is 36.3. The van der Waals surface area contributed by atoms with Gasteiger partial charge in [-0.1, -0.05) is 126 Å². The van der Waals surface area contributed by atoms with Crippen LogP contribution in [0.2, 0.25) is 13.1 Å². The van der Waals surface area contributed by atoms with E-state index >= 15 is 0 Å². The molecule has 50 heavy (non-hydrogen) atoms. The number of fused-ring (bicyclic) bond motifs is 2. The number of aryl methyl sites for hydroxylation is 1. The largest absolute Gasteiger partial charge is 1.00 e. The fourth-order valence-electron chi connectivity index (χ4n) is 6.95. The molecular formula is C46H54Cl2SiZr-2. The Labute approximate surface area is 330 Å². The van der Waals surface area contributed by atoms with Gasteiger partial charge in [-0.15, -0.1) is 69.1 Å². The van der Waals surface area contributed by atoms with Gasteiger partial charge < -0.3 is 24.8 Å². The summed E-state index contributed by atoms with van der Waals surface area (Å²) in [6, 6.07) is 41.0. The van der Waals surface area contributed by atoms with Crippen molar-refractivity contribution < 1.29 is 48.1 Å². The first-order valence-corrected chi connectivity index (χ1v) is 24.2. The van der Waals surface area contributed by atoms with E-state index in [2.05, 4.69) is 164 Å². The first-order valence-electron chi connectivity index (χ1n) is 18.0. The monoisotopic (exact) mass is 794 g/mol. The predicted molar refractivity (Wildman–Crippen MR) is 211 cm³/mol. The van der Waals surface area contributed by atoms with Crippen molar-refractivity contribution in [3.63, 3.8) is 0 Å². The topological polar surface area (TPSA) is 0 Å². The van der Waals surface area contributed by atoms with E-state index in [4.69, 9.17) is 0 Å². The molecule has 0 heterocycles. The molecule has 0 N–H and O–H groups in total.